The summed E-state index contributed by atoms with van der Waals surface area (Å²) in [6, 6.07) is 0. The molecule has 0 bridgehead atoms. The molecule has 1 heteroatoms. The zero-order valence-corrected chi connectivity index (χ0v) is 13.4. The monoisotopic (exact) mass is 267 g/mol. The van der Waals surface area contributed by atoms with Gasteiger partial charge in [0.1, 0.15) is 0 Å². The molecule has 0 saturated carbocycles. The van der Waals surface area contributed by atoms with Crippen LogP contribution in [0.5, 0.6) is 0 Å². The van der Waals surface area contributed by atoms with Crippen molar-refractivity contribution in [3.05, 3.63) is 0 Å². The van der Waals surface area contributed by atoms with Gasteiger partial charge in [0, 0.05) is 6.42 Å². The number of unbranched alkanes of at least 4 members (excludes halogenated alkanes) is 9. The van der Waals surface area contributed by atoms with Crippen LogP contribution in [0, 0.1) is 5.92 Å². The first-order valence-electron chi connectivity index (χ1n) is 8.70. The van der Waals surface area contributed by atoms with Crippen LogP contribution in [0.4, 0.5) is 0 Å². The lowest BCUT2D eigenvalue weighted by molar-refractivity contribution is 0.408. The highest BCUT2D eigenvalue weighted by atomic mass is 16.1. The lowest BCUT2D eigenvalue weighted by atomic mass is 9.92. The van der Waals surface area contributed by atoms with Gasteiger partial charge in [-0.3, -0.25) is 4.79 Å². The molecule has 0 fully saturated rings. The maximum atomic E-state index is 10.6. The first-order chi connectivity index (χ1) is 9.35. The molecule has 1 unspecified atom stereocenters. The summed E-state index contributed by atoms with van der Waals surface area (Å²) in [6.07, 6.45) is 20.2. The third-order valence-corrected chi connectivity index (χ3v) is 4.05. The van der Waals surface area contributed by atoms with Gasteiger partial charge in [-0.15, -0.1) is 0 Å². The van der Waals surface area contributed by atoms with Crippen LogP contribution in [0.2, 0.25) is 0 Å². The Balaban J connectivity index is 3.39. The van der Waals surface area contributed by atoms with Gasteiger partial charge in [-0.05, 0) is 5.92 Å². The van der Waals surface area contributed by atoms with Gasteiger partial charge in [0.25, 0.3) is 0 Å². The van der Waals surface area contributed by atoms with Crippen molar-refractivity contribution in [3.63, 3.8) is 0 Å². The third kappa shape index (κ3) is 13.9. The Morgan fingerprint density at radius 3 is 1.63 bits per heavy atom. The summed E-state index contributed by atoms with van der Waals surface area (Å²) in [6.45, 7) is 4.50. The molecule has 0 saturated heterocycles. The standard InChI is InChI=1S/C18H35O/c1-3-5-7-8-9-10-11-13-15-18(16-17-19)14-12-6-4-2/h18H,3-16H2,1-2H3. The molecule has 0 aliphatic carbocycles. The molecule has 0 aliphatic rings. The molecule has 0 spiro atoms. The largest absolute Gasteiger partial charge is 0.291 e. The van der Waals surface area contributed by atoms with E-state index in [2.05, 4.69) is 20.1 Å². The van der Waals surface area contributed by atoms with Crippen molar-refractivity contribution in [2.75, 3.05) is 0 Å². The molecule has 0 heterocycles. The second-order valence-electron chi connectivity index (χ2n) is 5.97. The van der Waals surface area contributed by atoms with Crippen molar-refractivity contribution in [2.24, 2.45) is 5.92 Å². The van der Waals surface area contributed by atoms with Gasteiger partial charge in [0.2, 0.25) is 0 Å². The zero-order valence-electron chi connectivity index (χ0n) is 13.4. The Kier molecular flexibility index (Phi) is 15.5. The van der Waals surface area contributed by atoms with Crippen LogP contribution in [0.25, 0.3) is 0 Å². The van der Waals surface area contributed by atoms with E-state index in [1.807, 2.05) is 0 Å². The number of hydrogen-bond donors (Lipinski definition) is 0. The van der Waals surface area contributed by atoms with Crippen molar-refractivity contribution in [1.29, 1.82) is 0 Å². The van der Waals surface area contributed by atoms with Gasteiger partial charge in [-0.2, -0.15) is 0 Å². The summed E-state index contributed by atoms with van der Waals surface area (Å²) in [7, 11) is 0. The normalized spacial score (nSPS) is 12.5. The van der Waals surface area contributed by atoms with Crippen LogP contribution in [0.1, 0.15) is 104 Å². The molecule has 0 aromatic carbocycles. The second-order valence-corrected chi connectivity index (χ2v) is 5.97. The van der Waals surface area contributed by atoms with Crippen LogP contribution in [-0.2, 0) is 4.79 Å². The number of hydrogen-bond acceptors (Lipinski definition) is 1. The van der Waals surface area contributed by atoms with E-state index in [9.17, 15) is 4.79 Å². The molecule has 0 rings (SSSR count). The SMILES string of the molecule is CCCCCCCCCCC(C[C]=O)CCCCC. The average Bonchev–Trinajstić information content (AvgIpc) is 2.42. The molecule has 113 valence electrons. The maximum Gasteiger partial charge on any atom is 0.198 e. The first kappa shape index (κ1) is 18.7. The number of rotatable bonds is 15. The molecule has 0 aliphatic heterocycles. The predicted molar refractivity (Wildman–Crippen MR) is 85.2 cm³/mol. The first-order valence-corrected chi connectivity index (χ1v) is 8.70. The third-order valence-electron chi connectivity index (χ3n) is 4.05. The molecule has 0 aromatic rings. The lowest BCUT2D eigenvalue weighted by Gasteiger charge is -2.13. The van der Waals surface area contributed by atoms with E-state index in [-0.39, 0.29) is 0 Å². The highest BCUT2D eigenvalue weighted by Crippen LogP contribution is 2.20. The zero-order chi connectivity index (χ0) is 14.2. The van der Waals surface area contributed by atoms with E-state index in [0.29, 0.717) is 12.3 Å². The van der Waals surface area contributed by atoms with E-state index in [1.165, 1.54) is 83.5 Å². The van der Waals surface area contributed by atoms with E-state index in [0.717, 1.165) is 0 Å². The Bertz CT molecular complexity index is 177. The van der Waals surface area contributed by atoms with Gasteiger partial charge in [0.15, 0.2) is 6.29 Å². The summed E-state index contributed by atoms with van der Waals surface area (Å²) in [5, 5.41) is 0. The molecule has 0 aromatic heterocycles. The van der Waals surface area contributed by atoms with Gasteiger partial charge < -0.3 is 0 Å². The van der Waals surface area contributed by atoms with Gasteiger partial charge >= 0.3 is 0 Å². The van der Waals surface area contributed by atoms with Gasteiger partial charge in [-0.25, -0.2) is 0 Å². The van der Waals surface area contributed by atoms with Crippen molar-refractivity contribution in [1.82, 2.24) is 0 Å². The average molecular weight is 267 g/mol. The minimum Gasteiger partial charge on any atom is -0.291 e. The molecule has 0 N–H and O–H groups in total. The molecular weight excluding hydrogens is 232 g/mol. The van der Waals surface area contributed by atoms with E-state index in [1.54, 1.807) is 0 Å². The van der Waals surface area contributed by atoms with Crippen molar-refractivity contribution in [3.8, 4) is 0 Å². The van der Waals surface area contributed by atoms with Crippen LogP contribution in [0.15, 0.2) is 0 Å². The fourth-order valence-electron chi connectivity index (χ4n) is 2.72. The lowest BCUT2D eigenvalue weighted by Crippen LogP contribution is -2.01. The Labute approximate surface area is 121 Å². The quantitative estimate of drug-likeness (QED) is 0.322. The summed E-state index contributed by atoms with van der Waals surface area (Å²) >= 11 is 0. The molecular formula is C18H35O. The summed E-state index contributed by atoms with van der Waals surface area (Å²) in [4.78, 5) is 10.6. The van der Waals surface area contributed by atoms with Crippen molar-refractivity contribution >= 4 is 6.29 Å². The minimum atomic E-state index is 0.615. The van der Waals surface area contributed by atoms with E-state index < -0.39 is 0 Å². The summed E-state index contributed by atoms with van der Waals surface area (Å²) in [5.74, 6) is 0.615. The Morgan fingerprint density at radius 2 is 1.11 bits per heavy atom. The van der Waals surface area contributed by atoms with Crippen LogP contribution in [-0.4, -0.2) is 6.29 Å². The number of carbonyl (C=O) groups excluding carboxylic acids is 1. The maximum absolute atomic E-state index is 10.6. The highest BCUT2D eigenvalue weighted by Gasteiger charge is 2.07. The van der Waals surface area contributed by atoms with Crippen LogP contribution < -0.4 is 0 Å². The fraction of sp³-hybridized carbons (Fsp3) is 0.944. The molecule has 1 atom stereocenters. The molecule has 1 radical (unpaired) electrons. The van der Waals surface area contributed by atoms with E-state index in [4.69, 9.17) is 0 Å². The summed E-state index contributed by atoms with van der Waals surface area (Å²) < 4.78 is 0. The van der Waals surface area contributed by atoms with Crippen LogP contribution in [0.3, 0.4) is 0 Å². The smallest absolute Gasteiger partial charge is 0.198 e. The topological polar surface area (TPSA) is 17.1 Å². The predicted octanol–water partition coefficient (Wildman–Crippen LogP) is 6.21. The van der Waals surface area contributed by atoms with Crippen LogP contribution >= 0.6 is 0 Å². The van der Waals surface area contributed by atoms with E-state index >= 15 is 0 Å². The van der Waals surface area contributed by atoms with Crippen molar-refractivity contribution in [2.45, 2.75) is 104 Å². The van der Waals surface area contributed by atoms with Gasteiger partial charge in [0.05, 0.1) is 0 Å². The fourth-order valence-corrected chi connectivity index (χ4v) is 2.72. The highest BCUT2D eigenvalue weighted by molar-refractivity contribution is 5.50. The van der Waals surface area contributed by atoms with Gasteiger partial charge in [-0.1, -0.05) is 97.3 Å². The Hall–Kier alpha value is -0.330. The summed E-state index contributed by atoms with van der Waals surface area (Å²) in [5.41, 5.74) is 0. The minimum absolute atomic E-state index is 0.615. The molecule has 1 nitrogen and oxygen atoms in total. The molecule has 19 heavy (non-hydrogen) atoms. The molecule has 0 amide bonds. The Morgan fingerprint density at radius 1 is 0.684 bits per heavy atom. The van der Waals surface area contributed by atoms with Crippen molar-refractivity contribution < 1.29 is 4.79 Å². The second kappa shape index (κ2) is 15.7.